The molecule has 0 aliphatic heterocycles. The van der Waals surface area contributed by atoms with Crippen molar-refractivity contribution in [2.45, 2.75) is 38.3 Å². The third-order valence-electron chi connectivity index (χ3n) is 7.45. The van der Waals surface area contributed by atoms with Gasteiger partial charge in [0.15, 0.2) is 0 Å². The number of rotatable bonds is 5. The number of thiophene rings is 1. The van der Waals surface area contributed by atoms with Crippen molar-refractivity contribution in [3.05, 3.63) is 94.5 Å². The lowest BCUT2D eigenvalue weighted by atomic mass is 9.91. The van der Waals surface area contributed by atoms with Crippen LogP contribution in [0.1, 0.15) is 40.9 Å². The summed E-state index contributed by atoms with van der Waals surface area (Å²) in [6.45, 7) is 0.549. The maximum atomic E-state index is 14.1. The smallest absolute Gasteiger partial charge is 0.266 e. The van der Waals surface area contributed by atoms with Gasteiger partial charge in [0, 0.05) is 47.1 Å². The summed E-state index contributed by atoms with van der Waals surface area (Å²) < 4.78 is 1.04. The lowest BCUT2D eigenvalue weighted by Crippen LogP contribution is -2.41. The molecule has 5 aromatic rings. The van der Waals surface area contributed by atoms with Gasteiger partial charge in [0.1, 0.15) is 4.88 Å². The van der Waals surface area contributed by atoms with Crippen LogP contribution in [0.3, 0.4) is 0 Å². The maximum absolute atomic E-state index is 14.1. The zero-order valence-corrected chi connectivity index (χ0v) is 22.3. The molecule has 2 heterocycles. The van der Waals surface area contributed by atoms with Crippen molar-refractivity contribution in [3.63, 3.8) is 0 Å². The molecule has 1 aliphatic carbocycles. The van der Waals surface area contributed by atoms with E-state index in [0.29, 0.717) is 16.4 Å². The number of fused-ring (bicyclic) bond motifs is 2. The van der Waals surface area contributed by atoms with Crippen molar-refractivity contribution in [2.75, 3.05) is 7.05 Å². The van der Waals surface area contributed by atoms with Crippen molar-refractivity contribution >= 4 is 55.5 Å². The molecule has 0 atom stereocenters. The van der Waals surface area contributed by atoms with Crippen LogP contribution in [0.5, 0.6) is 0 Å². The van der Waals surface area contributed by atoms with Crippen LogP contribution in [-0.4, -0.2) is 34.6 Å². The minimum Gasteiger partial charge on any atom is -0.361 e. The Morgan fingerprint density at radius 3 is 2.65 bits per heavy atom. The lowest BCUT2D eigenvalue weighted by Gasteiger charge is -2.35. The van der Waals surface area contributed by atoms with Gasteiger partial charge in [-0.05, 0) is 78.1 Å². The first kappa shape index (κ1) is 24.0. The van der Waals surface area contributed by atoms with E-state index in [9.17, 15) is 4.79 Å². The number of benzene rings is 3. The Morgan fingerprint density at radius 2 is 1.84 bits per heavy atom. The van der Waals surface area contributed by atoms with Crippen molar-refractivity contribution < 1.29 is 4.79 Å². The topological polar surface area (TPSA) is 48.5 Å². The fourth-order valence-corrected chi connectivity index (χ4v) is 6.87. The van der Waals surface area contributed by atoms with E-state index < -0.39 is 0 Å². The quantitative estimate of drug-likeness (QED) is 0.246. The van der Waals surface area contributed by atoms with E-state index in [4.69, 9.17) is 11.6 Å². The summed E-state index contributed by atoms with van der Waals surface area (Å²) in [6.07, 6.45) is 5.67. The predicted molar refractivity (Wildman–Crippen MR) is 156 cm³/mol. The molecule has 1 fully saturated rings. The summed E-state index contributed by atoms with van der Waals surface area (Å²) in [6, 6.07) is 25.2. The van der Waals surface area contributed by atoms with Crippen LogP contribution < -0.4 is 0 Å². The number of aromatic nitrogens is 1. The summed E-state index contributed by atoms with van der Waals surface area (Å²) in [5.41, 5.74) is 5.81. The molecule has 37 heavy (non-hydrogen) atoms. The number of carbonyl (C=O) groups excluding carboxylic acids is 1. The standard InChI is InChI=1S/C31H28ClN3OS/c1-33-24-10-12-25(13-11-24)35(31(36)30-29(32)26-7-2-3-8-28(26)37-30)19-20-5-4-6-21(17-20)22-9-14-27-23(18-22)15-16-34-27/h2-9,14-18,25,34H,10-13,19H2,1H3. The summed E-state index contributed by atoms with van der Waals surface area (Å²) in [4.78, 5) is 24.4. The number of nitrogens with zero attached hydrogens (tertiary/aromatic N) is 2. The molecule has 0 radical (unpaired) electrons. The molecule has 1 amide bonds. The predicted octanol–water partition coefficient (Wildman–Crippen LogP) is 8.36. The number of aromatic amines is 1. The van der Waals surface area contributed by atoms with Crippen molar-refractivity contribution in [3.8, 4) is 11.1 Å². The summed E-state index contributed by atoms with van der Waals surface area (Å²) in [5, 5.41) is 2.70. The van der Waals surface area contributed by atoms with E-state index in [2.05, 4.69) is 63.4 Å². The number of carbonyl (C=O) groups is 1. The number of amides is 1. The highest BCUT2D eigenvalue weighted by Gasteiger charge is 2.30. The molecular formula is C31H28ClN3OS. The lowest BCUT2D eigenvalue weighted by molar-refractivity contribution is 0.0642. The van der Waals surface area contributed by atoms with Crippen LogP contribution >= 0.6 is 22.9 Å². The van der Waals surface area contributed by atoms with Gasteiger partial charge >= 0.3 is 0 Å². The Labute approximate surface area is 225 Å². The monoisotopic (exact) mass is 525 g/mol. The molecule has 4 nitrogen and oxygen atoms in total. The van der Waals surface area contributed by atoms with Gasteiger partial charge in [0.2, 0.25) is 0 Å². The van der Waals surface area contributed by atoms with E-state index in [0.717, 1.165) is 52.4 Å². The molecule has 0 unspecified atom stereocenters. The van der Waals surface area contributed by atoms with Crippen LogP contribution in [0, 0.1) is 0 Å². The number of hydrogen-bond donors (Lipinski definition) is 1. The second kappa shape index (κ2) is 10.2. The fraction of sp³-hybridized carbons (Fsp3) is 0.226. The van der Waals surface area contributed by atoms with E-state index in [-0.39, 0.29) is 11.9 Å². The summed E-state index contributed by atoms with van der Waals surface area (Å²) >= 11 is 8.26. The Balaban J connectivity index is 1.34. The molecule has 186 valence electrons. The van der Waals surface area contributed by atoms with Gasteiger partial charge in [-0.15, -0.1) is 11.3 Å². The Morgan fingerprint density at radius 1 is 1.03 bits per heavy atom. The number of hydrogen-bond acceptors (Lipinski definition) is 3. The Hall–Kier alpha value is -3.41. The van der Waals surface area contributed by atoms with E-state index in [1.165, 1.54) is 28.0 Å². The zero-order valence-electron chi connectivity index (χ0n) is 20.7. The molecule has 3 aromatic carbocycles. The highest BCUT2D eigenvalue weighted by molar-refractivity contribution is 7.21. The Kier molecular flexibility index (Phi) is 6.58. The van der Waals surface area contributed by atoms with E-state index >= 15 is 0 Å². The Bertz CT molecular complexity index is 1620. The van der Waals surface area contributed by atoms with Crippen molar-refractivity contribution in [1.29, 1.82) is 0 Å². The van der Waals surface area contributed by atoms with E-state index in [1.54, 1.807) is 0 Å². The van der Waals surface area contributed by atoms with Crippen molar-refractivity contribution in [2.24, 2.45) is 4.99 Å². The molecule has 0 bridgehead atoms. The minimum atomic E-state index is 0.0206. The van der Waals surface area contributed by atoms with Gasteiger partial charge in [-0.2, -0.15) is 0 Å². The van der Waals surface area contributed by atoms with Gasteiger partial charge in [-0.25, -0.2) is 0 Å². The SMILES string of the molecule is CN=C1CCC(N(Cc2cccc(-c3ccc4[nH]ccc4c3)c2)C(=O)c2sc3ccccc3c2Cl)CC1. The normalized spacial score (nSPS) is 15.8. The van der Waals surface area contributed by atoms with Gasteiger partial charge in [0.25, 0.3) is 5.91 Å². The van der Waals surface area contributed by atoms with Gasteiger partial charge in [0.05, 0.1) is 5.02 Å². The van der Waals surface area contributed by atoms with Crippen LogP contribution in [0.2, 0.25) is 5.02 Å². The molecule has 0 spiro atoms. The van der Waals surface area contributed by atoms with Crippen molar-refractivity contribution in [1.82, 2.24) is 9.88 Å². The number of halogens is 1. The first-order chi connectivity index (χ1) is 18.1. The van der Waals surface area contributed by atoms with Gasteiger partial charge in [-0.1, -0.05) is 54.1 Å². The maximum Gasteiger partial charge on any atom is 0.266 e. The van der Waals surface area contributed by atoms with Gasteiger partial charge < -0.3 is 9.88 Å². The first-order valence-corrected chi connectivity index (χ1v) is 13.9. The van der Waals surface area contributed by atoms with E-state index in [1.807, 2.05) is 37.5 Å². The average Bonchev–Trinajstić information content (AvgIpc) is 3.55. The molecule has 1 N–H and O–H groups in total. The molecular weight excluding hydrogens is 498 g/mol. The molecule has 6 rings (SSSR count). The largest absolute Gasteiger partial charge is 0.361 e. The number of H-pyrrole nitrogens is 1. The minimum absolute atomic E-state index is 0.0206. The molecule has 0 saturated heterocycles. The zero-order chi connectivity index (χ0) is 25.4. The summed E-state index contributed by atoms with van der Waals surface area (Å²) in [5.74, 6) is 0.0206. The molecule has 1 saturated carbocycles. The molecule has 6 heteroatoms. The average molecular weight is 526 g/mol. The number of nitrogens with one attached hydrogen (secondary N) is 1. The third kappa shape index (κ3) is 4.70. The van der Waals surface area contributed by atoms with Crippen LogP contribution in [0.25, 0.3) is 32.1 Å². The second-order valence-electron chi connectivity index (χ2n) is 9.68. The summed E-state index contributed by atoms with van der Waals surface area (Å²) in [7, 11) is 1.87. The highest BCUT2D eigenvalue weighted by Crippen LogP contribution is 2.37. The second-order valence-corrected chi connectivity index (χ2v) is 11.1. The number of aliphatic imine (C=N–C) groups is 1. The first-order valence-electron chi connectivity index (χ1n) is 12.7. The molecule has 1 aliphatic rings. The molecule has 2 aromatic heterocycles. The van der Waals surface area contributed by atoms with Crippen LogP contribution in [0.15, 0.2) is 84.0 Å². The fourth-order valence-electron chi connectivity index (χ4n) is 5.40. The highest BCUT2D eigenvalue weighted by atomic mass is 35.5. The van der Waals surface area contributed by atoms with Crippen LogP contribution in [-0.2, 0) is 6.54 Å². The van der Waals surface area contributed by atoms with Crippen LogP contribution in [0.4, 0.5) is 0 Å². The third-order valence-corrected chi connectivity index (χ3v) is 9.11. The van der Waals surface area contributed by atoms with Gasteiger partial charge in [-0.3, -0.25) is 9.79 Å².